The fraction of sp³-hybridized carbons (Fsp3) is 0.208. The maximum atomic E-state index is 12.5. The minimum atomic E-state index is -0.429. The molecule has 2 N–H and O–H groups in total. The molecule has 0 aliphatic heterocycles. The molecule has 0 bridgehead atoms. The van der Waals surface area contributed by atoms with Gasteiger partial charge in [-0.15, -0.1) is 0 Å². The van der Waals surface area contributed by atoms with Crippen LogP contribution in [0.2, 0.25) is 5.02 Å². The standard InChI is InChI=1S/C24H25ClN4O3/c1-3-17-8-4-5-10-21(17)28-23(30)15-29(2)24(31)27-18-11-12-22(20(25)14-18)32-16-19-9-6-7-13-26-19/h4-14H,3,15-16H2,1-2H3,(H,27,31)(H,28,30). The van der Waals surface area contributed by atoms with Gasteiger partial charge >= 0.3 is 6.03 Å². The molecule has 3 rings (SSSR count). The van der Waals surface area contributed by atoms with Crippen LogP contribution < -0.4 is 15.4 Å². The van der Waals surface area contributed by atoms with E-state index in [0.717, 1.165) is 23.4 Å². The quantitative estimate of drug-likeness (QED) is 0.505. The average molecular weight is 453 g/mol. The zero-order valence-corrected chi connectivity index (χ0v) is 18.7. The molecule has 0 spiro atoms. The second-order valence-electron chi connectivity index (χ2n) is 7.10. The van der Waals surface area contributed by atoms with E-state index in [2.05, 4.69) is 15.6 Å². The molecule has 1 aromatic heterocycles. The zero-order valence-electron chi connectivity index (χ0n) is 18.0. The van der Waals surface area contributed by atoms with Crippen molar-refractivity contribution in [2.45, 2.75) is 20.0 Å². The summed E-state index contributed by atoms with van der Waals surface area (Å²) in [5, 5.41) is 5.94. The van der Waals surface area contributed by atoms with Crippen LogP contribution in [0.3, 0.4) is 0 Å². The SMILES string of the molecule is CCc1ccccc1NC(=O)CN(C)C(=O)Nc1ccc(OCc2ccccn2)c(Cl)c1. The Balaban J connectivity index is 1.53. The molecule has 8 heteroatoms. The molecule has 2 aromatic carbocycles. The summed E-state index contributed by atoms with van der Waals surface area (Å²) < 4.78 is 5.69. The summed E-state index contributed by atoms with van der Waals surface area (Å²) >= 11 is 6.29. The third kappa shape index (κ3) is 6.46. The molecule has 0 radical (unpaired) electrons. The van der Waals surface area contributed by atoms with E-state index in [1.807, 2.05) is 49.4 Å². The van der Waals surface area contributed by atoms with Crippen LogP contribution in [0.4, 0.5) is 16.2 Å². The number of carbonyl (C=O) groups is 2. The highest BCUT2D eigenvalue weighted by Gasteiger charge is 2.15. The lowest BCUT2D eigenvalue weighted by molar-refractivity contribution is -0.116. The maximum Gasteiger partial charge on any atom is 0.322 e. The third-order valence-corrected chi connectivity index (χ3v) is 4.98. The van der Waals surface area contributed by atoms with Crippen LogP contribution in [0, 0.1) is 0 Å². The van der Waals surface area contributed by atoms with Gasteiger partial charge in [-0.3, -0.25) is 9.78 Å². The van der Waals surface area contributed by atoms with Crippen molar-refractivity contribution >= 4 is 34.9 Å². The Kier molecular flexibility index (Phi) is 8.05. The molecule has 0 atom stereocenters. The van der Waals surface area contributed by atoms with Crippen LogP contribution in [-0.4, -0.2) is 35.4 Å². The lowest BCUT2D eigenvalue weighted by Gasteiger charge is -2.18. The number of carbonyl (C=O) groups excluding carboxylic acids is 2. The average Bonchev–Trinajstić information content (AvgIpc) is 2.79. The number of pyridine rings is 1. The summed E-state index contributed by atoms with van der Waals surface area (Å²) in [5.41, 5.74) is 3.06. The fourth-order valence-electron chi connectivity index (χ4n) is 2.98. The molecule has 0 fully saturated rings. The zero-order chi connectivity index (χ0) is 22.9. The highest BCUT2D eigenvalue weighted by Crippen LogP contribution is 2.28. The topological polar surface area (TPSA) is 83.6 Å². The van der Waals surface area contributed by atoms with Crippen molar-refractivity contribution in [1.82, 2.24) is 9.88 Å². The highest BCUT2D eigenvalue weighted by molar-refractivity contribution is 6.32. The number of urea groups is 1. The summed E-state index contributed by atoms with van der Waals surface area (Å²) in [6.07, 6.45) is 2.49. The summed E-state index contributed by atoms with van der Waals surface area (Å²) in [6, 6.07) is 17.7. The number of hydrogen-bond donors (Lipinski definition) is 2. The summed E-state index contributed by atoms with van der Waals surface area (Å²) in [7, 11) is 1.55. The number of aryl methyl sites for hydroxylation is 1. The van der Waals surface area contributed by atoms with E-state index in [-0.39, 0.29) is 19.1 Å². The Bertz CT molecular complexity index is 1080. The highest BCUT2D eigenvalue weighted by atomic mass is 35.5. The number of aromatic nitrogens is 1. The van der Waals surface area contributed by atoms with Gasteiger partial charge in [-0.25, -0.2) is 4.79 Å². The van der Waals surface area contributed by atoms with Crippen LogP contribution >= 0.6 is 11.6 Å². The predicted octanol–water partition coefficient (Wildman–Crippen LogP) is 4.98. The third-order valence-electron chi connectivity index (χ3n) is 4.68. The first-order chi connectivity index (χ1) is 15.5. The summed E-state index contributed by atoms with van der Waals surface area (Å²) in [6.45, 7) is 2.21. The monoisotopic (exact) mass is 452 g/mol. The molecule has 0 saturated carbocycles. The smallest absolute Gasteiger partial charge is 0.322 e. The van der Waals surface area contributed by atoms with Crippen molar-refractivity contribution in [2.75, 3.05) is 24.2 Å². The number of halogens is 1. The first-order valence-electron chi connectivity index (χ1n) is 10.2. The number of hydrogen-bond acceptors (Lipinski definition) is 4. The van der Waals surface area contributed by atoms with E-state index in [4.69, 9.17) is 16.3 Å². The van der Waals surface area contributed by atoms with Gasteiger partial charge in [0.1, 0.15) is 18.9 Å². The molecule has 0 aliphatic carbocycles. The van der Waals surface area contributed by atoms with Gasteiger partial charge in [0, 0.05) is 24.6 Å². The Labute approximate surface area is 192 Å². The Hall–Kier alpha value is -3.58. The number of nitrogens with one attached hydrogen (secondary N) is 2. The second-order valence-corrected chi connectivity index (χ2v) is 7.51. The van der Waals surface area contributed by atoms with Crippen LogP contribution in [0.15, 0.2) is 66.9 Å². The minimum Gasteiger partial charge on any atom is -0.486 e. The van der Waals surface area contributed by atoms with E-state index >= 15 is 0 Å². The molecule has 0 unspecified atom stereocenters. The molecule has 3 aromatic rings. The van der Waals surface area contributed by atoms with Gasteiger partial charge in [-0.05, 0) is 48.4 Å². The van der Waals surface area contributed by atoms with Crippen molar-refractivity contribution in [2.24, 2.45) is 0 Å². The fourth-order valence-corrected chi connectivity index (χ4v) is 3.21. The minimum absolute atomic E-state index is 0.0944. The van der Waals surface area contributed by atoms with Gasteiger partial charge in [0.2, 0.25) is 5.91 Å². The predicted molar refractivity (Wildman–Crippen MR) is 126 cm³/mol. The molecule has 32 heavy (non-hydrogen) atoms. The second kappa shape index (κ2) is 11.2. The van der Waals surface area contributed by atoms with Crippen molar-refractivity contribution in [3.8, 4) is 5.75 Å². The van der Waals surface area contributed by atoms with Crippen molar-refractivity contribution in [3.05, 3.63) is 83.1 Å². The van der Waals surface area contributed by atoms with Crippen LogP contribution in [0.5, 0.6) is 5.75 Å². The number of benzene rings is 2. The number of rotatable bonds is 8. The van der Waals surface area contributed by atoms with Crippen LogP contribution in [0.1, 0.15) is 18.2 Å². The lowest BCUT2D eigenvalue weighted by atomic mass is 10.1. The molecular formula is C24H25ClN4O3. The van der Waals surface area contributed by atoms with Gasteiger partial charge < -0.3 is 20.3 Å². The van der Waals surface area contributed by atoms with Crippen molar-refractivity contribution in [1.29, 1.82) is 0 Å². The molecule has 0 aliphatic rings. The first kappa shape index (κ1) is 23.1. The van der Waals surface area contributed by atoms with E-state index < -0.39 is 6.03 Å². The molecule has 166 valence electrons. The molecule has 0 saturated heterocycles. The largest absolute Gasteiger partial charge is 0.486 e. The van der Waals surface area contributed by atoms with Crippen LogP contribution in [-0.2, 0) is 17.8 Å². The summed E-state index contributed by atoms with van der Waals surface area (Å²) in [4.78, 5) is 30.3. The van der Waals surface area contributed by atoms with Crippen molar-refractivity contribution < 1.29 is 14.3 Å². The Morgan fingerprint density at radius 2 is 1.84 bits per heavy atom. The molecule has 3 amide bonds. The van der Waals surface area contributed by atoms with Crippen molar-refractivity contribution in [3.63, 3.8) is 0 Å². The summed E-state index contributed by atoms with van der Waals surface area (Å²) in [5.74, 6) is 0.206. The number of nitrogens with zero attached hydrogens (tertiary/aromatic N) is 2. The maximum absolute atomic E-state index is 12.5. The molecule has 1 heterocycles. The number of likely N-dealkylation sites (N-methyl/N-ethyl adjacent to an activating group) is 1. The molecular weight excluding hydrogens is 428 g/mol. The van der Waals surface area contributed by atoms with Crippen LogP contribution in [0.25, 0.3) is 0 Å². The number of ether oxygens (including phenoxy) is 1. The number of amides is 3. The van der Waals surface area contributed by atoms with Gasteiger partial charge in [-0.1, -0.05) is 42.8 Å². The van der Waals surface area contributed by atoms with Gasteiger partial charge in [-0.2, -0.15) is 0 Å². The van der Waals surface area contributed by atoms with E-state index in [9.17, 15) is 9.59 Å². The van der Waals surface area contributed by atoms with E-state index in [1.165, 1.54) is 4.90 Å². The van der Waals surface area contributed by atoms with Gasteiger partial charge in [0.05, 0.1) is 10.7 Å². The van der Waals surface area contributed by atoms with Gasteiger partial charge in [0.25, 0.3) is 0 Å². The number of anilines is 2. The normalized spacial score (nSPS) is 10.3. The van der Waals surface area contributed by atoms with Gasteiger partial charge in [0.15, 0.2) is 0 Å². The number of para-hydroxylation sites is 1. The van der Waals surface area contributed by atoms with E-state index in [1.54, 1.807) is 31.4 Å². The van der Waals surface area contributed by atoms with E-state index in [0.29, 0.717) is 16.5 Å². The lowest BCUT2D eigenvalue weighted by Crippen LogP contribution is -2.37. The Morgan fingerprint density at radius 1 is 1.06 bits per heavy atom. The Morgan fingerprint density at radius 3 is 2.56 bits per heavy atom. The first-order valence-corrected chi connectivity index (χ1v) is 10.6. The molecule has 7 nitrogen and oxygen atoms in total.